The van der Waals surface area contributed by atoms with Gasteiger partial charge in [-0.25, -0.2) is 0 Å². The minimum Gasteiger partial charge on any atom is -0.402 e. The molecule has 0 unspecified atom stereocenters. The Balaban J connectivity index is -0.000000151. The predicted octanol–water partition coefficient (Wildman–Crippen LogP) is -1.82. The third-order valence-corrected chi connectivity index (χ3v) is 4.26. The molecule has 17 heteroatoms. The van der Waals surface area contributed by atoms with Gasteiger partial charge in [0.2, 0.25) is 0 Å². The molecule has 0 aliphatic rings. The first-order valence-electron chi connectivity index (χ1n) is 11.8. The molecule has 0 saturated heterocycles. The first-order valence-corrected chi connectivity index (χ1v) is 13.2. The zero-order valence-corrected chi connectivity index (χ0v) is 23.2. The van der Waals surface area contributed by atoms with Gasteiger partial charge in [-0.2, -0.15) is 0 Å². The Labute approximate surface area is 228 Å². The van der Waals surface area contributed by atoms with Gasteiger partial charge in [0, 0.05) is 0 Å². The average Bonchev–Trinajstić information content (AvgIpc) is 2.69. The summed E-state index contributed by atoms with van der Waals surface area (Å²) in [7, 11) is -8.67. The quantitative estimate of drug-likeness (QED) is 0.0689. The van der Waals surface area contributed by atoms with Crippen LogP contribution in [0, 0.1) is 0 Å². The Hall–Kier alpha value is 0.260. The molecule has 12 nitrogen and oxygen atoms in total. The summed E-state index contributed by atoms with van der Waals surface area (Å²) in [5.41, 5.74) is 0. The van der Waals surface area contributed by atoms with E-state index in [-0.39, 0.29) is 0 Å². The Morgan fingerprint density at radius 3 is 1.06 bits per heavy atom. The molecule has 35 heavy (non-hydrogen) atoms. The van der Waals surface area contributed by atoms with Crippen molar-refractivity contribution in [3.63, 3.8) is 0 Å². The molecular weight excluding hydrogens is 474 g/mol. The van der Waals surface area contributed by atoms with E-state index in [0.717, 1.165) is 6.42 Å². The van der Waals surface area contributed by atoms with E-state index in [1.807, 2.05) is 0 Å². The second kappa shape index (κ2) is 44.3. The van der Waals surface area contributed by atoms with E-state index < -0.39 is 29.3 Å². The Morgan fingerprint density at radius 2 is 0.743 bits per heavy atom. The fraction of sp³-hybridized carbons (Fsp3) is 0.778. The van der Waals surface area contributed by atoms with Crippen molar-refractivity contribution in [1.82, 2.24) is 0 Å². The molecule has 0 saturated carbocycles. The number of hydrogen-bond acceptors (Lipinski definition) is 12. The maximum Gasteiger partial charge on any atom is 0.631 e. The molecule has 0 spiro atoms. The van der Waals surface area contributed by atoms with Crippen molar-refractivity contribution in [3.8, 4) is 0 Å². The molecular formula is C18H45B4NaO12. The molecule has 12 N–H and O–H groups in total. The molecule has 0 aliphatic carbocycles. The van der Waals surface area contributed by atoms with Gasteiger partial charge < -0.3 is 60.3 Å². The summed E-state index contributed by atoms with van der Waals surface area (Å²) in [6.07, 6.45) is 25.8. The summed E-state index contributed by atoms with van der Waals surface area (Å²) in [6, 6.07) is 0. The Kier molecular flexibility index (Phi) is 57.2. The van der Waals surface area contributed by atoms with Crippen LogP contribution in [-0.2, 0) is 0 Å². The maximum absolute atomic E-state index is 7.17. The fourth-order valence-corrected chi connectivity index (χ4v) is 2.74. The second-order valence-electron chi connectivity index (χ2n) is 6.97. The first kappa shape index (κ1) is 45.2. The molecule has 0 atom stereocenters. The summed E-state index contributed by atoms with van der Waals surface area (Å²) in [5, 5.41) is 86.0. The van der Waals surface area contributed by atoms with Crippen molar-refractivity contribution in [2.24, 2.45) is 0 Å². The van der Waals surface area contributed by atoms with E-state index in [4.69, 9.17) is 60.3 Å². The molecule has 0 aromatic rings. The van der Waals surface area contributed by atoms with Crippen LogP contribution in [-0.4, -0.2) is 118 Å². The zero-order chi connectivity index (χ0) is 28.3. The number of unbranched alkanes of at least 4 members (excludes halogenated alkanes) is 9. The van der Waals surface area contributed by atoms with E-state index in [1.54, 1.807) is 0 Å². The second-order valence-corrected chi connectivity index (χ2v) is 7.97. The molecule has 0 aliphatic heterocycles. The largest absolute Gasteiger partial charge is 0.631 e. The maximum atomic E-state index is 7.17. The SMILES string of the molecule is CCCCC/C=C\C/C=C\CCCCCCC[CH2][Na].OB(O)O.OB(O)O.OB(O)O.OB(O)O. The monoisotopic (exact) mass is 520 g/mol. The van der Waals surface area contributed by atoms with Gasteiger partial charge in [-0.3, -0.25) is 0 Å². The summed E-state index contributed by atoms with van der Waals surface area (Å²) < 4.78 is 1.49. The van der Waals surface area contributed by atoms with E-state index in [1.165, 1.54) is 102 Å². The Bertz CT molecular complexity index is 361. The average molecular weight is 520 g/mol. The van der Waals surface area contributed by atoms with Gasteiger partial charge in [0.05, 0.1) is 0 Å². The van der Waals surface area contributed by atoms with Crippen LogP contribution in [0.5, 0.6) is 0 Å². The summed E-state index contributed by atoms with van der Waals surface area (Å²) >= 11 is 1.40. The van der Waals surface area contributed by atoms with E-state index >= 15 is 0 Å². The van der Waals surface area contributed by atoms with Crippen molar-refractivity contribution < 1.29 is 60.3 Å². The third kappa shape index (κ3) is 135. The first-order chi connectivity index (χ1) is 16.3. The van der Waals surface area contributed by atoms with Crippen LogP contribution in [0.2, 0.25) is 3.67 Å². The van der Waals surface area contributed by atoms with Gasteiger partial charge in [-0.15, -0.1) is 0 Å². The standard InChI is InChI=1S/C18H33.4BH3O3.Na/c1-3-5-7-9-11-13-15-17-18-16-14-12-10-8-6-4-2;4*2-1(3)4;/h12,14,17-18H,1,3-11,13,15-16H2,2H3;4*2-4H;/b14-12-,18-17-;;;;;. The topological polar surface area (TPSA) is 243 Å². The zero-order valence-electron chi connectivity index (χ0n) is 21.2. The van der Waals surface area contributed by atoms with Gasteiger partial charge >= 0.3 is 130 Å². The molecule has 0 rings (SSSR count). The number of allylic oxidation sites excluding steroid dienone is 4. The van der Waals surface area contributed by atoms with Crippen LogP contribution in [0.4, 0.5) is 0 Å². The van der Waals surface area contributed by atoms with Crippen LogP contribution in [0.1, 0.15) is 84.0 Å². The predicted molar refractivity (Wildman–Crippen MR) is 140 cm³/mol. The van der Waals surface area contributed by atoms with Crippen LogP contribution in [0.25, 0.3) is 0 Å². The van der Waals surface area contributed by atoms with Gasteiger partial charge in [0.1, 0.15) is 0 Å². The molecule has 0 radical (unpaired) electrons. The fourth-order valence-electron chi connectivity index (χ4n) is 2.24. The van der Waals surface area contributed by atoms with Crippen molar-refractivity contribution >= 4 is 57.2 Å². The number of hydrogen-bond donors (Lipinski definition) is 12. The number of rotatable bonds is 14. The van der Waals surface area contributed by atoms with E-state index in [9.17, 15) is 0 Å². The van der Waals surface area contributed by atoms with Crippen LogP contribution in [0.15, 0.2) is 24.3 Å². The van der Waals surface area contributed by atoms with Crippen molar-refractivity contribution in [1.29, 1.82) is 0 Å². The summed E-state index contributed by atoms with van der Waals surface area (Å²) in [4.78, 5) is 0. The van der Waals surface area contributed by atoms with Crippen LogP contribution >= 0.6 is 0 Å². The van der Waals surface area contributed by atoms with Crippen LogP contribution in [0.3, 0.4) is 0 Å². The molecule has 0 aromatic heterocycles. The van der Waals surface area contributed by atoms with Crippen molar-refractivity contribution in [3.05, 3.63) is 24.3 Å². The Morgan fingerprint density at radius 1 is 0.457 bits per heavy atom. The van der Waals surface area contributed by atoms with Crippen molar-refractivity contribution in [2.45, 2.75) is 87.6 Å². The smallest absolute Gasteiger partial charge is 0.402 e. The van der Waals surface area contributed by atoms with E-state index in [2.05, 4.69) is 31.2 Å². The molecule has 0 aromatic carbocycles. The summed E-state index contributed by atoms with van der Waals surface area (Å²) in [5.74, 6) is 0. The normalized spacial score (nSPS) is 9.57. The van der Waals surface area contributed by atoms with Gasteiger partial charge in [0.25, 0.3) is 0 Å². The third-order valence-electron chi connectivity index (χ3n) is 3.55. The van der Waals surface area contributed by atoms with Gasteiger partial charge in [0.15, 0.2) is 0 Å². The molecule has 0 fully saturated rings. The van der Waals surface area contributed by atoms with Gasteiger partial charge in [-0.1, -0.05) is 25.8 Å². The van der Waals surface area contributed by atoms with E-state index in [0.29, 0.717) is 0 Å². The summed E-state index contributed by atoms with van der Waals surface area (Å²) in [6.45, 7) is 2.26. The minimum absolute atomic E-state index is 1.13. The molecule has 0 heterocycles. The molecule has 0 amide bonds. The van der Waals surface area contributed by atoms with Crippen LogP contribution < -0.4 is 0 Å². The molecule has 202 valence electrons. The van der Waals surface area contributed by atoms with Crippen molar-refractivity contribution in [2.75, 3.05) is 0 Å². The molecule has 0 bridgehead atoms. The van der Waals surface area contributed by atoms with Gasteiger partial charge in [-0.05, 0) is 12.8 Å². The minimum atomic E-state index is -2.17.